The molecule has 0 fully saturated rings. The molecular formula is C8H7Cl2N7O. The monoisotopic (exact) mass is 287 g/mol. The van der Waals surface area contributed by atoms with E-state index in [0.717, 1.165) is 0 Å². The quantitative estimate of drug-likeness (QED) is 0.522. The van der Waals surface area contributed by atoms with E-state index in [-0.39, 0.29) is 33.2 Å². The van der Waals surface area contributed by atoms with E-state index >= 15 is 0 Å². The van der Waals surface area contributed by atoms with Crippen LogP contribution in [-0.2, 0) is 0 Å². The van der Waals surface area contributed by atoms with E-state index in [9.17, 15) is 0 Å². The smallest absolute Gasteiger partial charge is 0.223 e. The molecule has 2 rings (SSSR count). The molecule has 0 radical (unpaired) electrons. The highest BCUT2D eigenvalue weighted by molar-refractivity contribution is 6.40. The fourth-order valence-corrected chi connectivity index (χ4v) is 1.77. The van der Waals surface area contributed by atoms with Crippen LogP contribution >= 0.6 is 23.2 Å². The minimum atomic E-state index is -0.226. The van der Waals surface area contributed by atoms with Crippen molar-refractivity contribution in [3.05, 3.63) is 16.1 Å². The molecule has 1 heterocycles. The van der Waals surface area contributed by atoms with Crippen LogP contribution in [-0.4, -0.2) is 22.2 Å². The van der Waals surface area contributed by atoms with Gasteiger partial charge in [0.15, 0.2) is 17.0 Å². The van der Waals surface area contributed by atoms with E-state index in [1.165, 1.54) is 6.07 Å². The first-order valence-corrected chi connectivity index (χ1v) is 5.28. The highest BCUT2D eigenvalue weighted by Crippen LogP contribution is 2.36. The number of nitrogens with two attached hydrogens (primary N) is 3. The lowest BCUT2D eigenvalue weighted by molar-refractivity contribution is 0.315. The number of guanidine groups is 2. The van der Waals surface area contributed by atoms with Crippen LogP contribution in [0.25, 0.3) is 11.0 Å². The van der Waals surface area contributed by atoms with Gasteiger partial charge in [0.1, 0.15) is 5.69 Å². The van der Waals surface area contributed by atoms with Gasteiger partial charge in [-0.3, -0.25) is 0 Å². The van der Waals surface area contributed by atoms with Crippen LogP contribution in [0.4, 0.5) is 5.69 Å². The third-order valence-electron chi connectivity index (χ3n) is 1.89. The van der Waals surface area contributed by atoms with Gasteiger partial charge in [0.2, 0.25) is 5.96 Å². The third-order valence-corrected chi connectivity index (χ3v) is 2.46. The zero-order chi connectivity index (χ0) is 13.3. The maximum Gasteiger partial charge on any atom is 0.223 e. The minimum Gasteiger partial charge on any atom is -0.370 e. The number of benzene rings is 1. The molecule has 94 valence electrons. The Morgan fingerprint density at radius 3 is 2.44 bits per heavy atom. The molecule has 0 aliphatic heterocycles. The van der Waals surface area contributed by atoms with Crippen molar-refractivity contribution in [2.24, 2.45) is 27.2 Å². The first kappa shape index (κ1) is 12.4. The SMILES string of the molecule is NC(N)=NC(N)=Nc1c(Cl)cc(Cl)c2nonc12. The van der Waals surface area contributed by atoms with Crippen molar-refractivity contribution in [1.82, 2.24) is 10.3 Å². The van der Waals surface area contributed by atoms with E-state index in [2.05, 4.69) is 24.9 Å². The Labute approximate surface area is 110 Å². The molecule has 1 aromatic heterocycles. The van der Waals surface area contributed by atoms with Gasteiger partial charge in [0.25, 0.3) is 0 Å². The molecule has 0 aliphatic rings. The Hall–Kier alpha value is -2.06. The van der Waals surface area contributed by atoms with Gasteiger partial charge in [-0.15, -0.1) is 0 Å². The number of hydrogen-bond acceptors (Lipinski definition) is 4. The van der Waals surface area contributed by atoms with E-state index in [4.69, 9.17) is 40.4 Å². The van der Waals surface area contributed by atoms with Gasteiger partial charge in [-0.25, -0.2) is 9.62 Å². The van der Waals surface area contributed by atoms with E-state index in [1.807, 2.05) is 0 Å². The second-order valence-electron chi connectivity index (χ2n) is 3.16. The molecular weight excluding hydrogens is 281 g/mol. The summed E-state index contributed by atoms with van der Waals surface area (Å²) in [6, 6.07) is 1.44. The predicted octanol–water partition coefficient (Wildman–Crippen LogP) is 0.749. The molecule has 18 heavy (non-hydrogen) atoms. The fraction of sp³-hybridized carbons (Fsp3) is 0. The number of aliphatic imine (C=N–C) groups is 2. The largest absolute Gasteiger partial charge is 0.370 e. The van der Waals surface area contributed by atoms with Crippen molar-refractivity contribution in [3.8, 4) is 0 Å². The molecule has 0 spiro atoms. The predicted molar refractivity (Wildman–Crippen MR) is 68.9 cm³/mol. The first-order valence-electron chi connectivity index (χ1n) is 4.53. The summed E-state index contributed by atoms with van der Waals surface area (Å²) in [5.74, 6) is -0.403. The third kappa shape index (κ3) is 2.29. The summed E-state index contributed by atoms with van der Waals surface area (Å²) in [4.78, 5) is 7.49. The Balaban J connectivity index is 2.64. The summed E-state index contributed by atoms with van der Waals surface area (Å²) in [6.45, 7) is 0. The average Bonchev–Trinajstić information content (AvgIpc) is 2.72. The summed E-state index contributed by atoms with van der Waals surface area (Å²) in [5.41, 5.74) is 16.6. The van der Waals surface area contributed by atoms with Crippen LogP contribution in [0.2, 0.25) is 10.0 Å². The Bertz CT molecular complexity index is 659. The Morgan fingerprint density at radius 2 is 1.78 bits per heavy atom. The lowest BCUT2D eigenvalue weighted by Crippen LogP contribution is -2.26. The number of halogens is 2. The van der Waals surface area contributed by atoms with Crippen molar-refractivity contribution in [1.29, 1.82) is 0 Å². The topological polar surface area (TPSA) is 142 Å². The van der Waals surface area contributed by atoms with Gasteiger partial charge in [0.05, 0.1) is 10.0 Å². The van der Waals surface area contributed by atoms with Crippen molar-refractivity contribution in [2.45, 2.75) is 0 Å². The van der Waals surface area contributed by atoms with Crippen LogP contribution < -0.4 is 17.2 Å². The molecule has 0 bridgehead atoms. The molecule has 6 N–H and O–H groups in total. The zero-order valence-corrected chi connectivity index (χ0v) is 10.3. The van der Waals surface area contributed by atoms with Crippen LogP contribution in [0.1, 0.15) is 0 Å². The summed E-state index contributed by atoms with van der Waals surface area (Å²) in [6.07, 6.45) is 0. The van der Waals surface area contributed by atoms with Crippen molar-refractivity contribution < 1.29 is 4.63 Å². The standard InChI is InChI=1S/C8H7Cl2N7O/c9-2-1-3(10)5-6(17-18-16-5)4(2)14-8(13)15-7(11)12/h1H,(H6,11,12,13,14,15). The van der Waals surface area contributed by atoms with Crippen LogP contribution in [0.15, 0.2) is 20.7 Å². The minimum absolute atomic E-state index is 0.177. The molecule has 10 heteroatoms. The van der Waals surface area contributed by atoms with Gasteiger partial charge < -0.3 is 17.2 Å². The zero-order valence-electron chi connectivity index (χ0n) is 8.76. The highest BCUT2D eigenvalue weighted by atomic mass is 35.5. The second kappa shape index (κ2) is 4.67. The van der Waals surface area contributed by atoms with E-state index in [1.54, 1.807) is 0 Å². The summed E-state index contributed by atoms with van der Waals surface area (Å²) in [5, 5.41) is 7.77. The number of fused-ring (bicyclic) bond motifs is 1. The lowest BCUT2D eigenvalue weighted by atomic mass is 10.2. The molecule has 1 aromatic carbocycles. The molecule has 2 aromatic rings. The van der Waals surface area contributed by atoms with Crippen LogP contribution in [0.3, 0.4) is 0 Å². The molecule has 0 saturated heterocycles. The van der Waals surface area contributed by atoms with Gasteiger partial charge in [-0.1, -0.05) is 23.2 Å². The molecule has 0 aliphatic carbocycles. The van der Waals surface area contributed by atoms with E-state index < -0.39 is 0 Å². The van der Waals surface area contributed by atoms with Crippen molar-refractivity contribution >= 4 is 51.8 Å². The Morgan fingerprint density at radius 1 is 1.11 bits per heavy atom. The normalized spacial score (nSPS) is 11.8. The highest BCUT2D eigenvalue weighted by Gasteiger charge is 2.15. The van der Waals surface area contributed by atoms with Gasteiger partial charge >= 0.3 is 0 Å². The Kier molecular flexibility index (Phi) is 3.21. The lowest BCUT2D eigenvalue weighted by Gasteiger charge is -2.00. The van der Waals surface area contributed by atoms with Crippen molar-refractivity contribution in [2.75, 3.05) is 0 Å². The van der Waals surface area contributed by atoms with Gasteiger partial charge in [-0.2, -0.15) is 4.99 Å². The van der Waals surface area contributed by atoms with Crippen LogP contribution in [0, 0.1) is 0 Å². The summed E-state index contributed by atoms with van der Waals surface area (Å²) in [7, 11) is 0. The number of aromatic nitrogens is 2. The van der Waals surface area contributed by atoms with Gasteiger partial charge in [-0.05, 0) is 16.4 Å². The summed E-state index contributed by atoms with van der Waals surface area (Å²) < 4.78 is 4.57. The molecule has 0 saturated carbocycles. The average molecular weight is 288 g/mol. The maximum atomic E-state index is 5.98. The number of hydrogen-bond donors (Lipinski definition) is 3. The van der Waals surface area contributed by atoms with Crippen LogP contribution in [0.5, 0.6) is 0 Å². The fourth-order valence-electron chi connectivity index (χ4n) is 1.24. The summed E-state index contributed by atoms with van der Waals surface area (Å²) >= 11 is 11.9. The molecule has 0 atom stereocenters. The van der Waals surface area contributed by atoms with Gasteiger partial charge in [0, 0.05) is 0 Å². The second-order valence-corrected chi connectivity index (χ2v) is 3.97. The molecule has 0 unspecified atom stereocenters. The van der Waals surface area contributed by atoms with Crippen molar-refractivity contribution in [3.63, 3.8) is 0 Å². The number of nitrogens with zero attached hydrogens (tertiary/aromatic N) is 4. The molecule has 8 nitrogen and oxygen atoms in total. The maximum absolute atomic E-state index is 5.98. The molecule has 0 amide bonds. The number of rotatable bonds is 1. The van der Waals surface area contributed by atoms with E-state index in [0.29, 0.717) is 5.52 Å². The first-order chi connectivity index (χ1) is 8.49.